The second-order valence-corrected chi connectivity index (χ2v) is 4.69. The molecule has 0 aliphatic carbocycles. The van der Waals surface area contributed by atoms with Crippen molar-refractivity contribution in [2.45, 2.75) is 58.2 Å². The lowest BCUT2D eigenvalue weighted by molar-refractivity contribution is -0.0107. The molecule has 2 atom stereocenters. The molecule has 0 saturated carbocycles. The molecule has 2 nitrogen and oxygen atoms in total. The molecule has 1 saturated heterocycles. The van der Waals surface area contributed by atoms with Gasteiger partial charge in [0.25, 0.3) is 0 Å². The summed E-state index contributed by atoms with van der Waals surface area (Å²) in [5.74, 6) is 0.328. The van der Waals surface area contributed by atoms with E-state index in [1.165, 1.54) is 12.8 Å². The molecule has 1 rings (SSSR count). The lowest BCUT2D eigenvalue weighted by Gasteiger charge is -2.28. The lowest BCUT2D eigenvalue weighted by Crippen LogP contribution is -2.32. The van der Waals surface area contributed by atoms with Gasteiger partial charge in [-0.05, 0) is 38.5 Å². The van der Waals surface area contributed by atoms with E-state index in [0.717, 1.165) is 19.4 Å². The van der Waals surface area contributed by atoms with Gasteiger partial charge in [-0.3, -0.25) is 0 Å². The first kappa shape index (κ1) is 11.0. The van der Waals surface area contributed by atoms with Gasteiger partial charge < -0.3 is 9.84 Å². The van der Waals surface area contributed by atoms with Gasteiger partial charge in [0, 0.05) is 6.61 Å². The summed E-state index contributed by atoms with van der Waals surface area (Å²) in [5.41, 5.74) is -0.522. The van der Waals surface area contributed by atoms with E-state index in [4.69, 9.17) is 4.74 Å². The maximum Gasteiger partial charge on any atom is 0.0643 e. The minimum absolute atomic E-state index is 0.328. The Morgan fingerprint density at radius 3 is 2.69 bits per heavy atom. The summed E-state index contributed by atoms with van der Waals surface area (Å²) >= 11 is 0. The first-order valence-corrected chi connectivity index (χ1v) is 5.36. The van der Waals surface area contributed by atoms with Crippen LogP contribution in [0.1, 0.15) is 46.5 Å². The molecule has 1 fully saturated rings. The highest BCUT2D eigenvalue weighted by Gasteiger charge is 2.27. The summed E-state index contributed by atoms with van der Waals surface area (Å²) in [7, 11) is 0. The Bertz CT molecular complexity index is 146. The minimum Gasteiger partial charge on any atom is -0.390 e. The lowest BCUT2D eigenvalue weighted by atomic mass is 9.87. The first-order valence-electron chi connectivity index (χ1n) is 5.36. The molecule has 0 aromatic rings. The van der Waals surface area contributed by atoms with Gasteiger partial charge in [-0.25, -0.2) is 0 Å². The molecule has 0 radical (unpaired) electrons. The molecule has 0 aromatic carbocycles. The van der Waals surface area contributed by atoms with E-state index in [2.05, 4.69) is 13.8 Å². The van der Waals surface area contributed by atoms with Gasteiger partial charge in [0.1, 0.15) is 0 Å². The number of hydrogen-bond donors (Lipinski definition) is 1. The highest BCUT2D eigenvalue weighted by molar-refractivity contribution is 4.78. The van der Waals surface area contributed by atoms with Crippen molar-refractivity contribution in [3.8, 4) is 0 Å². The van der Waals surface area contributed by atoms with Crippen LogP contribution in [0.5, 0.6) is 0 Å². The van der Waals surface area contributed by atoms with Gasteiger partial charge in [-0.2, -0.15) is 0 Å². The highest BCUT2D eigenvalue weighted by atomic mass is 16.5. The Hall–Kier alpha value is -0.0800. The maximum absolute atomic E-state index is 10.00. The fourth-order valence-electron chi connectivity index (χ4n) is 1.61. The molecule has 2 heteroatoms. The van der Waals surface area contributed by atoms with Crippen LogP contribution in [0.15, 0.2) is 0 Å². The van der Waals surface area contributed by atoms with Crippen LogP contribution in [-0.2, 0) is 4.74 Å². The fraction of sp³-hybridized carbons (Fsp3) is 1.00. The molecule has 0 bridgehead atoms. The summed E-state index contributed by atoms with van der Waals surface area (Å²) in [4.78, 5) is 0. The van der Waals surface area contributed by atoms with Gasteiger partial charge in [0.15, 0.2) is 0 Å². The van der Waals surface area contributed by atoms with Gasteiger partial charge in [-0.1, -0.05) is 13.8 Å². The monoisotopic (exact) mass is 186 g/mol. The Balaban J connectivity index is 2.24. The normalized spacial score (nSPS) is 27.9. The van der Waals surface area contributed by atoms with Crippen LogP contribution in [0.25, 0.3) is 0 Å². The third-order valence-corrected chi connectivity index (χ3v) is 3.24. The molecular formula is C11H22O2. The summed E-state index contributed by atoms with van der Waals surface area (Å²) in [6.07, 6.45) is 4.63. The Morgan fingerprint density at radius 1 is 1.54 bits per heavy atom. The molecule has 1 N–H and O–H groups in total. The third-order valence-electron chi connectivity index (χ3n) is 3.24. The smallest absolute Gasteiger partial charge is 0.0643 e. The SMILES string of the molecule is CC(C)C(C)(O)CCC1CCCO1. The Morgan fingerprint density at radius 2 is 2.23 bits per heavy atom. The number of ether oxygens (including phenoxy) is 1. The average molecular weight is 186 g/mol. The molecule has 13 heavy (non-hydrogen) atoms. The van der Waals surface area contributed by atoms with Crippen molar-refractivity contribution in [2.24, 2.45) is 5.92 Å². The van der Waals surface area contributed by atoms with Gasteiger partial charge >= 0.3 is 0 Å². The van der Waals surface area contributed by atoms with Crippen LogP contribution >= 0.6 is 0 Å². The zero-order valence-electron chi connectivity index (χ0n) is 9.05. The molecular weight excluding hydrogens is 164 g/mol. The van der Waals surface area contributed by atoms with Crippen LogP contribution in [0.4, 0.5) is 0 Å². The number of aliphatic hydroxyl groups is 1. The van der Waals surface area contributed by atoms with Gasteiger partial charge in [0.2, 0.25) is 0 Å². The molecule has 2 unspecified atom stereocenters. The van der Waals surface area contributed by atoms with E-state index < -0.39 is 5.60 Å². The summed E-state index contributed by atoms with van der Waals surface area (Å²) in [5, 5.41) is 10.00. The van der Waals surface area contributed by atoms with Crippen molar-refractivity contribution in [3.05, 3.63) is 0 Å². The molecule has 0 spiro atoms. The zero-order chi connectivity index (χ0) is 9.90. The van der Waals surface area contributed by atoms with Crippen LogP contribution in [0, 0.1) is 5.92 Å². The standard InChI is InChI=1S/C11H22O2/c1-9(2)11(3,12)7-6-10-5-4-8-13-10/h9-10,12H,4-8H2,1-3H3. The predicted molar refractivity (Wildman–Crippen MR) is 53.7 cm³/mol. The molecule has 1 heterocycles. The van der Waals surface area contributed by atoms with Crippen LogP contribution in [0.3, 0.4) is 0 Å². The van der Waals surface area contributed by atoms with Crippen LogP contribution in [0.2, 0.25) is 0 Å². The minimum atomic E-state index is -0.522. The van der Waals surface area contributed by atoms with E-state index in [-0.39, 0.29) is 0 Å². The van der Waals surface area contributed by atoms with E-state index in [1.54, 1.807) is 0 Å². The highest BCUT2D eigenvalue weighted by Crippen LogP contribution is 2.26. The molecule has 1 aliphatic heterocycles. The number of rotatable bonds is 4. The van der Waals surface area contributed by atoms with Crippen molar-refractivity contribution < 1.29 is 9.84 Å². The predicted octanol–water partition coefficient (Wildman–Crippen LogP) is 2.35. The van der Waals surface area contributed by atoms with Gasteiger partial charge in [0.05, 0.1) is 11.7 Å². The van der Waals surface area contributed by atoms with Crippen molar-refractivity contribution >= 4 is 0 Å². The van der Waals surface area contributed by atoms with Crippen molar-refractivity contribution in [1.82, 2.24) is 0 Å². The number of hydrogen-bond acceptors (Lipinski definition) is 2. The maximum atomic E-state index is 10.00. The van der Waals surface area contributed by atoms with Gasteiger partial charge in [-0.15, -0.1) is 0 Å². The summed E-state index contributed by atoms with van der Waals surface area (Å²) in [6, 6.07) is 0. The van der Waals surface area contributed by atoms with E-state index in [1.807, 2.05) is 6.92 Å². The van der Waals surface area contributed by atoms with E-state index >= 15 is 0 Å². The first-order chi connectivity index (χ1) is 6.02. The van der Waals surface area contributed by atoms with Crippen LogP contribution in [-0.4, -0.2) is 23.4 Å². The molecule has 0 aromatic heterocycles. The van der Waals surface area contributed by atoms with Crippen molar-refractivity contribution in [3.63, 3.8) is 0 Å². The molecule has 1 aliphatic rings. The Kier molecular flexibility index (Phi) is 3.74. The van der Waals surface area contributed by atoms with Crippen LogP contribution < -0.4 is 0 Å². The largest absolute Gasteiger partial charge is 0.390 e. The second kappa shape index (κ2) is 4.43. The third kappa shape index (κ3) is 3.28. The summed E-state index contributed by atoms with van der Waals surface area (Å²) in [6.45, 7) is 6.96. The van der Waals surface area contributed by atoms with E-state index in [9.17, 15) is 5.11 Å². The second-order valence-electron chi connectivity index (χ2n) is 4.69. The fourth-order valence-corrected chi connectivity index (χ4v) is 1.61. The van der Waals surface area contributed by atoms with Crippen molar-refractivity contribution in [1.29, 1.82) is 0 Å². The zero-order valence-corrected chi connectivity index (χ0v) is 9.05. The van der Waals surface area contributed by atoms with E-state index in [0.29, 0.717) is 12.0 Å². The molecule has 78 valence electrons. The summed E-state index contributed by atoms with van der Waals surface area (Å²) < 4.78 is 5.52. The Labute approximate surface area is 81.3 Å². The quantitative estimate of drug-likeness (QED) is 0.730. The van der Waals surface area contributed by atoms with Crippen molar-refractivity contribution in [2.75, 3.05) is 6.61 Å². The average Bonchev–Trinajstić information content (AvgIpc) is 2.52. The topological polar surface area (TPSA) is 29.5 Å². The molecule has 0 amide bonds.